The maximum absolute atomic E-state index is 9.28. The lowest BCUT2D eigenvalue weighted by molar-refractivity contribution is 0.144. The predicted octanol–water partition coefficient (Wildman–Crippen LogP) is 2.28. The minimum Gasteiger partial charge on any atom is -0.396 e. The van der Waals surface area contributed by atoms with Gasteiger partial charge in [-0.25, -0.2) is 0 Å². The van der Waals surface area contributed by atoms with Gasteiger partial charge in [-0.3, -0.25) is 0 Å². The van der Waals surface area contributed by atoms with Gasteiger partial charge in [-0.15, -0.1) is 0 Å². The summed E-state index contributed by atoms with van der Waals surface area (Å²) in [6, 6.07) is 6.42. The number of aryl methyl sites for hydroxylation is 2. The van der Waals surface area contributed by atoms with Crippen LogP contribution in [0.1, 0.15) is 29.5 Å². The third-order valence-electron chi connectivity index (χ3n) is 2.77. The molecule has 0 amide bonds. The fraction of sp³-hybridized carbons (Fsp3) is 0.538. The third-order valence-corrected chi connectivity index (χ3v) is 2.77. The minimum absolute atomic E-state index is 0.0981. The number of aliphatic hydroxyl groups excluding tert-OH is 1. The first-order valence-electron chi connectivity index (χ1n) is 5.42. The van der Waals surface area contributed by atoms with Gasteiger partial charge >= 0.3 is 0 Å². The molecule has 0 aliphatic heterocycles. The summed E-state index contributed by atoms with van der Waals surface area (Å²) < 4.78 is 5.10. The van der Waals surface area contributed by atoms with Crippen LogP contribution in [-0.2, 0) is 11.2 Å². The van der Waals surface area contributed by atoms with Crippen molar-refractivity contribution in [2.24, 2.45) is 0 Å². The molecule has 1 atom stereocenters. The van der Waals surface area contributed by atoms with E-state index in [0.717, 1.165) is 6.42 Å². The summed E-state index contributed by atoms with van der Waals surface area (Å²) in [5, 5.41) is 9.28. The van der Waals surface area contributed by atoms with Gasteiger partial charge in [0.25, 0.3) is 0 Å². The monoisotopic (exact) mass is 208 g/mol. The van der Waals surface area contributed by atoms with Crippen LogP contribution in [0.2, 0.25) is 0 Å². The summed E-state index contributed by atoms with van der Waals surface area (Å²) in [6.07, 6.45) is 1.05. The van der Waals surface area contributed by atoms with Gasteiger partial charge in [-0.05, 0) is 30.0 Å². The van der Waals surface area contributed by atoms with Gasteiger partial charge in [0.2, 0.25) is 0 Å². The molecule has 0 aliphatic carbocycles. The summed E-state index contributed by atoms with van der Waals surface area (Å²) in [4.78, 5) is 0. The summed E-state index contributed by atoms with van der Waals surface area (Å²) in [5.41, 5.74) is 3.77. The lowest BCUT2D eigenvalue weighted by Crippen LogP contribution is -2.12. The van der Waals surface area contributed by atoms with Crippen LogP contribution in [-0.4, -0.2) is 25.4 Å². The topological polar surface area (TPSA) is 29.5 Å². The van der Waals surface area contributed by atoms with Crippen molar-refractivity contribution in [2.45, 2.75) is 26.2 Å². The largest absolute Gasteiger partial charge is 0.396 e. The van der Waals surface area contributed by atoms with Crippen molar-refractivity contribution in [3.05, 3.63) is 34.9 Å². The smallest absolute Gasteiger partial charge is 0.0553 e. The van der Waals surface area contributed by atoms with Crippen LogP contribution >= 0.6 is 0 Å². The Kier molecular flexibility index (Phi) is 4.79. The molecule has 15 heavy (non-hydrogen) atoms. The molecule has 1 rings (SSSR count). The first kappa shape index (κ1) is 12.2. The van der Waals surface area contributed by atoms with Gasteiger partial charge in [0.1, 0.15) is 0 Å². The van der Waals surface area contributed by atoms with E-state index in [9.17, 15) is 5.11 Å². The van der Waals surface area contributed by atoms with Gasteiger partial charge in [0, 0.05) is 13.0 Å². The second kappa shape index (κ2) is 5.89. The third kappa shape index (κ3) is 3.05. The molecule has 0 saturated heterocycles. The Balaban J connectivity index is 2.92. The molecule has 0 bridgehead atoms. The van der Waals surface area contributed by atoms with Gasteiger partial charge in [0.15, 0.2) is 0 Å². The SMILES string of the molecule is CCc1ccc(C(CO)COC)c(C)c1. The first-order chi connectivity index (χ1) is 7.22. The van der Waals surface area contributed by atoms with Crippen molar-refractivity contribution < 1.29 is 9.84 Å². The van der Waals surface area contributed by atoms with E-state index in [4.69, 9.17) is 4.74 Å². The highest BCUT2D eigenvalue weighted by molar-refractivity contribution is 5.33. The van der Waals surface area contributed by atoms with E-state index in [2.05, 4.69) is 32.0 Å². The lowest BCUT2D eigenvalue weighted by atomic mass is 9.94. The average molecular weight is 208 g/mol. The molecule has 1 aromatic carbocycles. The number of hydrogen-bond acceptors (Lipinski definition) is 2. The second-order valence-electron chi connectivity index (χ2n) is 3.88. The zero-order chi connectivity index (χ0) is 11.3. The molecule has 84 valence electrons. The summed E-state index contributed by atoms with van der Waals surface area (Å²) in [5.74, 6) is 0.0981. The molecule has 0 aromatic heterocycles. The van der Waals surface area contributed by atoms with Gasteiger partial charge in [0.05, 0.1) is 13.2 Å². The zero-order valence-corrected chi connectivity index (χ0v) is 9.79. The highest BCUT2D eigenvalue weighted by Crippen LogP contribution is 2.21. The first-order valence-corrected chi connectivity index (χ1v) is 5.42. The summed E-state index contributed by atoms with van der Waals surface area (Å²) in [7, 11) is 1.67. The van der Waals surface area contributed by atoms with E-state index in [-0.39, 0.29) is 12.5 Å². The van der Waals surface area contributed by atoms with Crippen molar-refractivity contribution in [1.29, 1.82) is 0 Å². The molecule has 0 radical (unpaired) electrons. The van der Waals surface area contributed by atoms with Crippen LogP contribution in [0.25, 0.3) is 0 Å². The number of rotatable bonds is 5. The summed E-state index contributed by atoms with van der Waals surface area (Å²) in [6.45, 7) is 4.95. The van der Waals surface area contributed by atoms with Crippen molar-refractivity contribution in [3.63, 3.8) is 0 Å². The van der Waals surface area contributed by atoms with Crippen LogP contribution in [0.4, 0.5) is 0 Å². The number of ether oxygens (including phenoxy) is 1. The van der Waals surface area contributed by atoms with Crippen LogP contribution < -0.4 is 0 Å². The van der Waals surface area contributed by atoms with E-state index in [1.807, 2.05) is 0 Å². The number of aliphatic hydroxyl groups is 1. The van der Waals surface area contributed by atoms with Gasteiger partial charge < -0.3 is 9.84 Å². The normalized spacial score (nSPS) is 12.8. The van der Waals surface area contributed by atoms with E-state index in [1.165, 1.54) is 16.7 Å². The number of hydrogen-bond donors (Lipinski definition) is 1. The van der Waals surface area contributed by atoms with Crippen molar-refractivity contribution in [1.82, 2.24) is 0 Å². The van der Waals surface area contributed by atoms with E-state index in [0.29, 0.717) is 6.61 Å². The highest BCUT2D eigenvalue weighted by atomic mass is 16.5. The van der Waals surface area contributed by atoms with E-state index < -0.39 is 0 Å². The van der Waals surface area contributed by atoms with Gasteiger partial charge in [-0.1, -0.05) is 25.1 Å². The fourth-order valence-corrected chi connectivity index (χ4v) is 1.86. The Bertz CT molecular complexity index is 307. The van der Waals surface area contributed by atoms with E-state index >= 15 is 0 Å². The van der Waals surface area contributed by atoms with E-state index in [1.54, 1.807) is 7.11 Å². The highest BCUT2D eigenvalue weighted by Gasteiger charge is 2.12. The molecular weight excluding hydrogens is 188 g/mol. The maximum atomic E-state index is 9.28. The molecule has 1 aromatic rings. The molecule has 1 unspecified atom stereocenters. The van der Waals surface area contributed by atoms with Crippen LogP contribution in [0.5, 0.6) is 0 Å². The molecule has 0 fully saturated rings. The Labute approximate surface area is 91.9 Å². The molecule has 0 aliphatic rings. The van der Waals surface area contributed by atoms with Crippen LogP contribution in [0.15, 0.2) is 18.2 Å². The quantitative estimate of drug-likeness (QED) is 0.804. The average Bonchev–Trinajstić information content (AvgIpc) is 2.26. The van der Waals surface area contributed by atoms with Crippen molar-refractivity contribution >= 4 is 0 Å². The fourth-order valence-electron chi connectivity index (χ4n) is 1.86. The van der Waals surface area contributed by atoms with Gasteiger partial charge in [-0.2, -0.15) is 0 Å². The zero-order valence-electron chi connectivity index (χ0n) is 9.79. The lowest BCUT2D eigenvalue weighted by Gasteiger charge is -2.16. The molecule has 2 nitrogen and oxygen atoms in total. The summed E-state index contributed by atoms with van der Waals surface area (Å²) >= 11 is 0. The second-order valence-corrected chi connectivity index (χ2v) is 3.88. The Morgan fingerprint density at radius 1 is 1.40 bits per heavy atom. The van der Waals surface area contributed by atoms with Crippen LogP contribution in [0, 0.1) is 6.92 Å². The van der Waals surface area contributed by atoms with Crippen molar-refractivity contribution in [2.75, 3.05) is 20.3 Å². The minimum atomic E-state index is 0.0981. The molecular formula is C13H20O2. The number of methoxy groups -OCH3 is 1. The molecule has 1 N–H and O–H groups in total. The molecule has 2 heteroatoms. The predicted molar refractivity (Wildman–Crippen MR) is 62.3 cm³/mol. The molecule has 0 saturated carbocycles. The Morgan fingerprint density at radius 3 is 2.60 bits per heavy atom. The molecule has 0 spiro atoms. The Hall–Kier alpha value is -0.860. The Morgan fingerprint density at radius 2 is 2.13 bits per heavy atom. The number of benzene rings is 1. The van der Waals surface area contributed by atoms with Crippen LogP contribution in [0.3, 0.4) is 0 Å². The standard InChI is InChI=1S/C13H20O2/c1-4-11-5-6-13(10(2)7-11)12(8-14)9-15-3/h5-7,12,14H,4,8-9H2,1-3H3. The molecule has 0 heterocycles. The maximum Gasteiger partial charge on any atom is 0.0553 e. The van der Waals surface area contributed by atoms with Crippen molar-refractivity contribution in [3.8, 4) is 0 Å².